The molecule has 0 atom stereocenters. The number of hydrogen-bond donors (Lipinski definition) is 0. The van der Waals surface area contributed by atoms with Crippen LogP contribution in [0, 0.1) is 0 Å². The van der Waals surface area contributed by atoms with Crippen molar-refractivity contribution in [2.45, 2.75) is 26.8 Å². The van der Waals surface area contributed by atoms with Crippen LogP contribution in [0.15, 0.2) is 17.2 Å². The van der Waals surface area contributed by atoms with Gasteiger partial charge in [-0.3, -0.25) is 4.79 Å². The predicted molar refractivity (Wildman–Crippen MR) is 70.5 cm³/mol. The smallest absolute Gasteiger partial charge is 0.293 e. The van der Waals surface area contributed by atoms with Crippen molar-refractivity contribution < 1.29 is 0 Å². The first kappa shape index (κ1) is 13.2. The molecular weight excluding hydrogens is 270 g/mol. The van der Waals surface area contributed by atoms with Gasteiger partial charge in [0.15, 0.2) is 5.82 Å². The minimum absolute atomic E-state index is 0.00132. The molecule has 1 aromatic rings. The summed E-state index contributed by atoms with van der Waals surface area (Å²) in [4.78, 5) is 18.2. The molecule has 0 fully saturated rings. The van der Waals surface area contributed by atoms with Crippen molar-refractivity contribution >= 4 is 21.7 Å². The van der Waals surface area contributed by atoms with Crippen LogP contribution < -0.4 is 10.5 Å². The quantitative estimate of drug-likeness (QED) is 0.750. The molecule has 1 rings (SSSR count). The fourth-order valence-corrected chi connectivity index (χ4v) is 1.82. The first-order chi connectivity index (χ1) is 7.74. The first-order valence-electron chi connectivity index (χ1n) is 5.60. The number of alkyl halides is 1. The monoisotopic (exact) mass is 287 g/mol. The van der Waals surface area contributed by atoms with Crippen LogP contribution in [0.4, 0.5) is 5.82 Å². The van der Waals surface area contributed by atoms with E-state index in [0.29, 0.717) is 12.4 Å². The fourth-order valence-electron chi connectivity index (χ4n) is 1.57. The molecule has 0 saturated heterocycles. The second kappa shape index (κ2) is 6.68. The Hall–Kier alpha value is -0.840. The van der Waals surface area contributed by atoms with Crippen LogP contribution >= 0.6 is 15.9 Å². The van der Waals surface area contributed by atoms with Crippen molar-refractivity contribution in [2.24, 2.45) is 0 Å². The van der Waals surface area contributed by atoms with Gasteiger partial charge in [-0.15, -0.1) is 0 Å². The molecule has 0 amide bonds. The number of aryl methyl sites for hydroxylation is 1. The van der Waals surface area contributed by atoms with Gasteiger partial charge in [-0.25, -0.2) is 4.98 Å². The van der Waals surface area contributed by atoms with Gasteiger partial charge in [0.1, 0.15) is 0 Å². The number of hydrogen-bond acceptors (Lipinski definition) is 3. The highest BCUT2D eigenvalue weighted by Crippen LogP contribution is 2.04. The van der Waals surface area contributed by atoms with Crippen molar-refractivity contribution in [3.63, 3.8) is 0 Å². The molecule has 0 spiro atoms. The summed E-state index contributed by atoms with van der Waals surface area (Å²) in [7, 11) is 0. The second-order valence-electron chi connectivity index (χ2n) is 3.46. The Morgan fingerprint density at radius 1 is 1.50 bits per heavy atom. The van der Waals surface area contributed by atoms with Gasteiger partial charge >= 0.3 is 0 Å². The second-order valence-corrected chi connectivity index (χ2v) is 4.26. The molecule has 0 N–H and O–H groups in total. The highest BCUT2D eigenvalue weighted by atomic mass is 79.9. The largest absolute Gasteiger partial charge is 0.352 e. The van der Waals surface area contributed by atoms with Crippen LogP contribution in [0.2, 0.25) is 0 Å². The summed E-state index contributed by atoms with van der Waals surface area (Å²) in [5.41, 5.74) is 0.00132. The zero-order chi connectivity index (χ0) is 12.0. The summed E-state index contributed by atoms with van der Waals surface area (Å²) in [6.07, 6.45) is 4.43. The Morgan fingerprint density at radius 2 is 2.25 bits per heavy atom. The van der Waals surface area contributed by atoms with E-state index in [4.69, 9.17) is 0 Å². The summed E-state index contributed by atoms with van der Waals surface area (Å²) in [5, 5.41) is 0.943. The van der Waals surface area contributed by atoms with Gasteiger partial charge in [0.25, 0.3) is 5.56 Å². The maximum Gasteiger partial charge on any atom is 0.293 e. The standard InChI is InChI=1S/C11H18BrN3O/c1-3-14(8-5-6-12)10-11(16)15(4-2)9-7-13-10/h7,9H,3-6,8H2,1-2H3. The van der Waals surface area contributed by atoms with Crippen molar-refractivity contribution in [3.8, 4) is 0 Å². The maximum absolute atomic E-state index is 12.0. The Morgan fingerprint density at radius 3 is 2.81 bits per heavy atom. The number of nitrogens with zero attached hydrogens (tertiary/aromatic N) is 3. The van der Waals surface area contributed by atoms with E-state index in [9.17, 15) is 4.79 Å². The Kier molecular flexibility index (Phi) is 5.52. The van der Waals surface area contributed by atoms with E-state index < -0.39 is 0 Å². The van der Waals surface area contributed by atoms with E-state index in [-0.39, 0.29) is 5.56 Å². The van der Waals surface area contributed by atoms with Gasteiger partial charge in [-0.2, -0.15) is 0 Å². The lowest BCUT2D eigenvalue weighted by Gasteiger charge is -2.21. The fraction of sp³-hybridized carbons (Fsp3) is 0.636. The third-order valence-corrected chi connectivity index (χ3v) is 3.04. The zero-order valence-corrected chi connectivity index (χ0v) is 11.4. The van der Waals surface area contributed by atoms with Gasteiger partial charge < -0.3 is 9.47 Å². The van der Waals surface area contributed by atoms with Gasteiger partial charge in [-0.05, 0) is 20.3 Å². The molecule has 0 radical (unpaired) electrons. The minimum Gasteiger partial charge on any atom is -0.352 e. The van der Waals surface area contributed by atoms with E-state index in [1.165, 1.54) is 0 Å². The van der Waals surface area contributed by atoms with E-state index >= 15 is 0 Å². The molecule has 0 aliphatic carbocycles. The van der Waals surface area contributed by atoms with Gasteiger partial charge in [-0.1, -0.05) is 15.9 Å². The topological polar surface area (TPSA) is 38.1 Å². The molecule has 1 heterocycles. The number of aromatic nitrogens is 2. The van der Waals surface area contributed by atoms with E-state index in [1.54, 1.807) is 17.0 Å². The van der Waals surface area contributed by atoms with Gasteiger partial charge in [0, 0.05) is 37.4 Å². The van der Waals surface area contributed by atoms with E-state index in [0.717, 1.165) is 24.8 Å². The zero-order valence-electron chi connectivity index (χ0n) is 9.82. The maximum atomic E-state index is 12.0. The number of halogens is 1. The summed E-state index contributed by atoms with van der Waals surface area (Å²) in [6.45, 7) is 6.35. The number of rotatable bonds is 6. The Labute approximate surface area is 104 Å². The van der Waals surface area contributed by atoms with Crippen LogP contribution in [0.25, 0.3) is 0 Å². The van der Waals surface area contributed by atoms with Crippen LogP contribution in [0.3, 0.4) is 0 Å². The van der Waals surface area contributed by atoms with Crippen LogP contribution in [0.1, 0.15) is 20.3 Å². The highest BCUT2D eigenvalue weighted by Gasteiger charge is 2.10. The molecule has 0 aliphatic rings. The molecule has 5 heteroatoms. The molecule has 0 saturated carbocycles. The Balaban J connectivity index is 2.96. The molecule has 0 aromatic carbocycles. The average molecular weight is 288 g/mol. The van der Waals surface area contributed by atoms with Crippen LogP contribution in [-0.4, -0.2) is 28.0 Å². The molecular formula is C11H18BrN3O. The van der Waals surface area contributed by atoms with Gasteiger partial charge in [0.05, 0.1) is 0 Å². The lowest BCUT2D eigenvalue weighted by Crippen LogP contribution is -2.33. The lowest BCUT2D eigenvalue weighted by atomic mass is 10.4. The van der Waals surface area contributed by atoms with E-state index in [2.05, 4.69) is 20.9 Å². The predicted octanol–water partition coefficient (Wildman–Crippen LogP) is 1.87. The normalized spacial score (nSPS) is 10.4. The minimum atomic E-state index is 0.00132. The SMILES string of the molecule is CCN(CCCBr)c1nccn(CC)c1=O. The summed E-state index contributed by atoms with van der Waals surface area (Å²) in [6, 6.07) is 0. The Bertz CT molecular complexity index is 378. The molecule has 0 unspecified atom stereocenters. The number of anilines is 1. The molecule has 0 bridgehead atoms. The van der Waals surface area contributed by atoms with Crippen LogP contribution in [0.5, 0.6) is 0 Å². The van der Waals surface area contributed by atoms with Gasteiger partial charge in [0.2, 0.25) is 0 Å². The summed E-state index contributed by atoms with van der Waals surface area (Å²) < 4.78 is 1.68. The molecule has 0 aliphatic heterocycles. The van der Waals surface area contributed by atoms with E-state index in [1.807, 2.05) is 18.7 Å². The molecule has 4 nitrogen and oxygen atoms in total. The lowest BCUT2D eigenvalue weighted by molar-refractivity contribution is 0.696. The first-order valence-corrected chi connectivity index (χ1v) is 6.73. The summed E-state index contributed by atoms with van der Waals surface area (Å²) in [5.74, 6) is 0.563. The van der Waals surface area contributed by atoms with Crippen molar-refractivity contribution in [2.75, 3.05) is 23.3 Å². The third kappa shape index (κ3) is 3.07. The molecule has 16 heavy (non-hydrogen) atoms. The van der Waals surface area contributed by atoms with Crippen molar-refractivity contribution in [1.82, 2.24) is 9.55 Å². The van der Waals surface area contributed by atoms with Crippen molar-refractivity contribution in [3.05, 3.63) is 22.7 Å². The molecule has 90 valence electrons. The highest BCUT2D eigenvalue weighted by molar-refractivity contribution is 9.09. The molecule has 1 aromatic heterocycles. The average Bonchev–Trinajstić information content (AvgIpc) is 2.32. The third-order valence-electron chi connectivity index (χ3n) is 2.48. The van der Waals surface area contributed by atoms with Crippen LogP contribution in [-0.2, 0) is 6.54 Å². The van der Waals surface area contributed by atoms with Crippen molar-refractivity contribution in [1.29, 1.82) is 0 Å². The summed E-state index contributed by atoms with van der Waals surface area (Å²) >= 11 is 3.40.